The molecule has 0 bridgehead atoms. The lowest BCUT2D eigenvalue weighted by Crippen LogP contribution is -2.25. The predicted molar refractivity (Wildman–Crippen MR) is 123 cm³/mol. The van der Waals surface area contributed by atoms with Gasteiger partial charge in [0.1, 0.15) is 10.8 Å². The van der Waals surface area contributed by atoms with Gasteiger partial charge < -0.3 is 14.4 Å². The van der Waals surface area contributed by atoms with Crippen molar-refractivity contribution in [2.75, 3.05) is 6.61 Å². The highest BCUT2D eigenvalue weighted by atomic mass is 35.5. The van der Waals surface area contributed by atoms with E-state index >= 15 is 0 Å². The van der Waals surface area contributed by atoms with Gasteiger partial charge in [0.25, 0.3) is 5.56 Å². The molecule has 0 spiro atoms. The minimum atomic E-state index is -0.972. The van der Waals surface area contributed by atoms with Gasteiger partial charge in [-0.25, -0.2) is 4.79 Å². The molecule has 0 amide bonds. The molecule has 31 heavy (non-hydrogen) atoms. The fourth-order valence-corrected chi connectivity index (χ4v) is 3.98. The van der Waals surface area contributed by atoms with E-state index in [-0.39, 0.29) is 16.1 Å². The number of halogens is 2. The van der Waals surface area contributed by atoms with E-state index in [1.54, 1.807) is 28.8 Å². The summed E-state index contributed by atoms with van der Waals surface area (Å²) in [5.41, 5.74) is 2.66. The zero-order valence-corrected chi connectivity index (χ0v) is 18.6. The Hall–Kier alpha value is -2.76. The first kappa shape index (κ1) is 22.9. The maximum Gasteiger partial charge on any atom is 0.335 e. The van der Waals surface area contributed by atoms with E-state index in [0.29, 0.717) is 37.4 Å². The molecule has 1 aromatic heterocycles. The fourth-order valence-electron chi connectivity index (χ4n) is 3.40. The molecule has 0 fully saturated rings. The number of rotatable bonds is 9. The number of pyridine rings is 1. The smallest absolute Gasteiger partial charge is 0.335 e. The van der Waals surface area contributed by atoms with Gasteiger partial charge in [-0.2, -0.15) is 0 Å². The maximum atomic E-state index is 12.7. The Morgan fingerprint density at radius 2 is 1.71 bits per heavy atom. The minimum Gasteiger partial charge on any atom is -0.494 e. The zero-order valence-electron chi connectivity index (χ0n) is 17.1. The maximum absolute atomic E-state index is 12.7. The molecule has 3 rings (SSSR count). The van der Waals surface area contributed by atoms with Crippen molar-refractivity contribution >= 4 is 29.2 Å². The van der Waals surface area contributed by atoms with Crippen molar-refractivity contribution in [2.24, 2.45) is 0 Å². The van der Waals surface area contributed by atoms with Crippen molar-refractivity contribution in [3.63, 3.8) is 0 Å². The van der Waals surface area contributed by atoms with Gasteiger partial charge in [0.05, 0.1) is 17.2 Å². The number of aromatic carboxylic acids is 1. The first-order valence-electron chi connectivity index (χ1n) is 10.0. The minimum absolute atomic E-state index is 0.0771. The summed E-state index contributed by atoms with van der Waals surface area (Å²) in [5.74, 6) is -0.163. The number of nitrogens with zero attached hydrogens (tertiary/aromatic N) is 1. The third-order valence-electron chi connectivity index (χ3n) is 4.99. The highest BCUT2D eigenvalue weighted by Crippen LogP contribution is 2.22. The van der Waals surface area contributed by atoms with Gasteiger partial charge >= 0.3 is 5.97 Å². The molecule has 7 heteroatoms. The molecule has 162 valence electrons. The zero-order chi connectivity index (χ0) is 22.4. The van der Waals surface area contributed by atoms with Crippen molar-refractivity contribution in [3.8, 4) is 5.75 Å². The largest absolute Gasteiger partial charge is 0.494 e. The number of carboxylic acids is 1. The van der Waals surface area contributed by atoms with Gasteiger partial charge in [0.15, 0.2) is 0 Å². The van der Waals surface area contributed by atoms with Gasteiger partial charge in [-0.1, -0.05) is 47.5 Å². The van der Waals surface area contributed by atoms with Crippen molar-refractivity contribution in [1.82, 2.24) is 4.57 Å². The van der Waals surface area contributed by atoms with Crippen LogP contribution in [0.25, 0.3) is 0 Å². The molecule has 0 atom stereocenters. The topological polar surface area (TPSA) is 68.5 Å². The SMILES string of the molecule is CCOc1cccc(CCc2c(Cl)cc(Cl)c(=O)n2CCc2ccc(C(=O)O)cc2)c1. The quantitative estimate of drug-likeness (QED) is 0.472. The highest BCUT2D eigenvalue weighted by Gasteiger charge is 2.14. The predicted octanol–water partition coefficient (Wildman–Crippen LogP) is 5.28. The lowest BCUT2D eigenvalue weighted by atomic mass is 10.1. The third-order valence-corrected chi connectivity index (χ3v) is 5.59. The summed E-state index contributed by atoms with van der Waals surface area (Å²) < 4.78 is 7.17. The van der Waals surface area contributed by atoms with E-state index in [1.165, 1.54) is 6.07 Å². The van der Waals surface area contributed by atoms with Crippen molar-refractivity contribution in [1.29, 1.82) is 0 Å². The summed E-state index contributed by atoms with van der Waals surface area (Å²) in [6, 6.07) is 16.0. The molecule has 0 aliphatic heterocycles. The Bertz CT molecular complexity index is 1120. The number of benzene rings is 2. The Morgan fingerprint density at radius 1 is 0.968 bits per heavy atom. The van der Waals surface area contributed by atoms with Crippen LogP contribution in [0.5, 0.6) is 5.75 Å². The molecular weight excluding hydrogens is 437 g/mol. The van der Waals surface area contributed by atoms with Gasteiger partial charge in [-0.15, -0.1) is 0 Å². The first-order chi connectivity index (χ1) is 14.9. The van der Waals surface area contributed by atoms with E-state index < -0.39 is 5.97 Å². The monoisotopic (exact) mass is 459 g/mol. The Kier molecular flexibility index (Phi) is 7.77. The molecule has 0 saturated heterocycles. The van der Waals surface area contributed by atoms with E-state index in [4.69, 9.17) is 33.0 Å². The number of hydrogen-bond acceptors (Lipinski definition) is 3. The molecular formula is C24H23Cl2NO4. The van der Waals surface area contributed by atoms with Crippen LogP contribution in [-0.4, -0.2) is 22.2 Å². The molecule has 2 aromatic carbocycles. The summed E-state index contributed by atoms with van der Waals surface area (Å²) in [6.45, 7) is 2.92. The molecule has 1 heterocycles. The summed E-state index contributed by atoms with van der Waals surface area (Å²) in [4.78, 5) is 23.8. The van der Waals surface area contributed by atoms with Crippen LogP contribution in [0.4, 0.5) is 0 Å². The first-order valence-corrected chi connectivity index (χ1v) is 10.8. The molecule has 0 unspecified atom stereocenters. The summed E-state index contributed by atoms with van der Waals surface area (Å²) in [5, 5.41) is 9.56. The van der Waals surface area contributed by atoms with Crippen molar-refractivity contribution in [3.05, 3.63) is 97.4 Å². The number of aromatic nitrogens is 1. The van der Waals surface area contributed by atoms with Crippen LogP contribution in [-0.2, 0) is 25.8 Å². The van der Waals surface area contributed by atoms with E-state index in [2.05, 4.69) is 0 Å². The third kappa shape index (κ3) is 5.90. The number of hydrogen-bond donors (Lipinski definition) is 1. The van der Waals surface area contributed by atoms with Crippen LogP contribution in [0.3, 0.4) is 0 Å². The Labute approximate surface area is 190 Å². The van der Waals surface area contributed by atoms with Gasteiger partial charge in [-0.3, -0.25) is 4.79 Å². The van der Waals surface area contributed by atoms with E-state index in [0.717, 1.165) is 22.6 Å². The molecule has 0 radical (unpaired) electrons. The molecule has 5 nitrogen and oxygen atoms in total. The average molecular weight is 460 g/mol. The standard InChI is InChI=1S/C24H23Cl2NO4/c1-2-31-19-5-3-4-17(14-19)8-11-22-20(25)15-21(26)23(28)27(22)13-12-16-6-9-18(10-7-16)24(29)30/h3-7,9-10,14-15H,2,8,11-13H2,1H3,(H,29,30). The second-order valence-corrected chi connectivity index (χ2v) is 7.89. The Balaban J connectivity index is 1.80. The summed E-state index contributed by atoms with van der Waals surface area (Å²) >= 11 is 12.6. The van der Waals surface area contributed by atoms with Crippen molar-refractivity contribution < 1.29 is 14.6 Å². The van der Waals surface area contributed by atoms with Crippen LogP contribution in [0.2, 0.25) is 10.0 Å². The average Bonchev–Trinajstić information content (AvgIpc) is 2.75. The molecule has 3 aromatic rings. The number of carboxylic acid groups (broad SMARTS) is 1. The van der Waals surface area contributed by atoms with Crippen LogP contribution in [0, 0.1) is 0 Å². The van der Waals surface area contributed by atoms with Crippen LogP contribution >= 0.6 is 23.2 Å². The summed E-state index contributed by atoms with van der Waals surface area (Å²) in [6.07, 6.45) is 1.80. The number of ether oxygens (including phenoxy) is 1. The second kappa shape index (κ2) is 10.5. The molecule has 1 N–H and O–H groups in total. The van der Waals surface area contributed by atoms with Gasteiger partial charge in [0.2, 0.25) is 0 Å². The fraction of sp³-hybridized carbons (Fsp3) is 0.250. The Morgan fingerprint density at radius 3 is 2.39 bits per heavy atom. The van der Waals surface area contributed by atoms with Crippen LogP contribution in [0.15, 0.2) is 59.4 Å². The second-order valence-electron chi connectivity index (χ2n) is 7.08. The summed E-state index contributed by atoms with van der Waals surface area (Å²) in [7, 11) is 0. The van der Waals surface area contributed by atoms with Crippen LogP contribution < -0.4 is 10.3 Å². The lowest BCUT2D eigenvalue weighted by Gasteiger charge is -2.16. The van der Waals surface area contributed by atoms with Gasteiger partial charge in [-0.05, 0) is 67.6 Å². The number of aryl methyl sites for hydroxylation is 2. The lowest BCUT2D eigenvalue weighted by molar-refractivity contribution is 0.0697. The molecule has 0 aliphatic carbocycles. The van der Waals surface area contributed by atoms with Gasteiger partial charge in [0, 0.05) is 12.2 Å². The van der Waals surface area contributed by atoms with Crippen molar-refractivity contribution in [2.45, 2.75) is 32.7 Å². The van der Waals surface area contributed by atoms with E-state index in [9.17, 15) is 9.59 Å². The van der Waals surface area contributed by atoms with Crippen LogP contribution in [0.1, 0.15) is 34.1 Å². The molecule has 0 saturated carbocycles. The highest BCUT2D eigenvalue weighted by molar-refractivity contribution is 6.34. The number of carbonyl (C=O) groups is 1. The molecule has 0 aliphatic rings. The normalized spacial score (nSPS) is 10.8. The van der Waals surface area contributed by atoms with E-state index in [1.807, 2.05) is 31.2 Å².